The number of nitrogens with one attached hydrogen (secondary N) is 2. The van der Waals surface area contributed by atoms with E-state index in [4.69, 9.17) is 9.73 Å². The fourth-order valence-corrected chi connectivity index (χ4v) is 4.03. The molecule has 0 bridgehead atoms. The minimum absolute atomic E-state index is 0. The summed E-state index contributed by atoms with van der Waals surface area (Å²) in [7, 11) is 0. The molecule has 1 fully saturated rings. The minimum Gasteiger partial charge on any atom is -0.370 e. The van der Waals surface area contributed by atoms with E-state index in [9.17, 15) is 0 Å². The van der Waals surface area contributed by atoms with Crippen LogP contribution in [0.15, 0.2) is 47.5 Å². The van der Waals surface area contributed by atoms with E-state index in [0.717, 1.165) is 48.9 Å². The molecular weight excluding hydrogens is 501 g/mol. The third-order valence-electron chi connectivity index (χ3n) is 5.52. The van der Waals surface area contributed by atoms with Crippen molar-refractivity contribution < 1.29 is 4.74 Å². The van der Waals surface area contributed by atoms with E-state index in [-0.39, 0.29) is 30.1 Å². The molecule has 166 valence electrons. The maximum atomic E-state index is 6.11. The Morgan fingerprint density at radius 1 is 1.26 bits per heavy atom. The molecule has 2 aromatic carbocycles. The van der Waals surface area contributed by atoms with Crippen LogP contribution in [-0.4, -0.2) is 53.6 Å². The number of halogens is 1. The van der Waals surface area contributed by atoms with E-state index in [1.165, 1.54) is 16.7 Å². The highest BCUT2D eigenvalue weighted by molar-refractivity contribution is 14.0. The van der Waals surface area contributed by atoms with Crippen molar-refractivity contribution in [2.45, 2.75) is 33.3 Å². The molecule has 1 saturated heterocycles. The lowest BCUT2D eigenvalue weighted by molar-refractivity contribution is -0.00833. The fourth-order valence-electron chi connectivity index (χ4n) is 4.03. The van der Waals surface area contributed by atoms with Gasteiger partial charge >= 0.3 is 0 Å². The average Bonchev–Trinajstić information content (AvgIpc) is 3.16. The summed E-state index contributed by atoms with van der Waals surface area (Å²) in [4.78, 5) is 15.2. The van der Waals surface area contributed by atoms with Gasteiger partial charge in [0.25, 0.3) is 0 Å². The number of ether oxygens (including phenoxy) is 1. The number of aromatic nitrogens is 2. The van der Waals surface area contributed by atoms with Crippen LogP contribution >= 0.6 is 24.0 Å². The molecule has 1 aliphatic heterocycles. The second-order valence-electron chi connectivity index (χ2n) is 7.85. The van der Waals surface area contributed by atoms with E-state index in [1.54, 1.807) is 0 Å². The molecule has 0 amide bonds. The van der Waals surface area contributed by atoms with Crippen LogP contribution in [0.1, 0.15) is 35.5 Å². The van der Waals surface area contributed by atoms with Gasteiger partial charge < -0.3 is 19.9 Å². The highest BCUT2D eigenvalue weighted by Crippen LogP contribution is 2.26. The number of para-hydroxylation sites is 2. The first-order chi connectivity index (χ1) is 14.6. The van der Waals surface area contributed by atoms with Crippen molar-refractivity contribution >= 4 is 41.0 Å². The van der Waals surface area contributed by atoms with Crippen molar-refractivity contribution in [1.29, 1.82) is 0 Å². The lowest BCUT2D eigenvalue weighted by Gasteiger charge is -2.36. The number of morpholine rings is 1. The van der Waals surface area contributed by atoms with E-state index < -0.39 is 0 Å². The van der Waals surface area contributed by atoms with Crippen molar-refractivity contribution in [2.75, 3.05) is 32.8 Å². The molecule has 6 nitrogen and oxygen atoms in total. The number of aryl methyl sites for hydroxylation is 2. The van der Waals surface area contributed by atoms with Gasteiger partial charge in [-0.3, -0.25) is 4.99 Å². The smallest absolute Gasteiger partial charge is 0.194 e. The highest BCUT2D eigenvalue weighted by atomic mass is 127. The van der Waals surface area contributed by atoms with Gasteiger partial charge in [0, 0.05) is 26.1 Å². The topological polar surface area (TPSA) is 65.5 Å². The lowest BCUT2D eigenvalue weighted by atomic mass is 10.00. The maximum absolute atomic E-state index is 6.11. The monoisotopic (exact) mass is 533 g/mol. The molecule has 4 rings (SSSR count). The highest BCUT2D eigenvalue weighted by Gasteiger charge is 2.25. The van der Waals surface area contributed by atoms with Crippen LogP contribution in [0.2, 0.25) is 0 Å². The van der Waals surface area contributed by atoms with Crippen LogP contribution in [0.5, 0.6) is 0 Å². The van der Waals surface area contributed by atoms with Crippen LogP contribution in [0.3, 0.4) is 0 Å². The Morgan fingerprint density at radius 2 is 2.10 bits per heavy atom. The Balaban J connectivity index is 0.00000272. The quantitative estimate of drug-likeness (QED) is 0.290. The molecule has 1 atom stereocenters. The number of hydrogen-bond donors (Lipinski definition) is 2. The van der Waals surface area contributed by atoms with Gasteiger partial charge in [-0.2, -0.15) is 0 Å². The average molecular weight is 533 g/mol. The molecule has 0 spiro atoms. The number of fused-ring (bicyclic) bond motifs is 1. The minimum atomic E-state index is 0. The Hall–Kier alpha value is -2.13. The first-order valence-electron chi connectivity index (χ1n) is 10.8. The summed E-state index contributed by atoms with van der Waals surface area (Å²) >= 11 is 0. The molecule has 3 aromatic rings. The van der Waals surface area contributed by atoms with Crippen molar-refractivity contribution in [3.63, 3.8) is 0 Å². The van der Waals surface area contributed by atoms with E-state index in [2.05, 4.69) is 65.2 Å². The normalized spacial score (nSPS) is 16.9. The number of rotatable bonds is 5. The van der Waals surface area contributed by atoms with Gasteiger partial charge in [-0.05, 0) is 44.0 Å². The summed E-state index contributed by atoms with van der Waals surface area (Å²) in [5, 5.41) is 3.45. The number of imidazole rings is 1. The van der Waals surface area contributed by atoms with Crippen LogP contribution < -0.4 is 5.32 Å². The molecule has 31 heavy (non-hydrogen) atoms. The molecule has 2 heterocycles. The zero-order valence-electron chi connectivity index (χ0n) is 18.5. The number of hydrogen-bond acceptors (Lipinski definition) is 3. The van der Waals surface area contributed by atoms with Crippen LogP contribution in [0, 0.1) is 13.8 Å². The molecule has 1 unspecified atom stereocenters. The number of nitrogens with zero attached hydrogens (tertiary/aromatic N) is 3. The summed E-state index contributed by atoms with van der Waals surface area (Å²) in [6, 6.07) is 14.7. The molecule has 1 aromatic heterocycles. The largest absolute Gasteiger partial charge is 0.370 e. The van der Waals surface area contributed by atoms with Gasteiger partial charge in [0.05, 0.1) is 24.2 Å². The summed E-state index contributed by atoms with van der Waals surface area (Å²) < 4.78 is 6.11. The van der Waals surface area contributed by atoms with Crippen molar-refractivity contribution in [1.82, 2.24) is 20.2 Å². The Kier molecular flexibility index (Phi) is 8.31. The summed E-state index contributed by atoms with van der Waals surface area (Å²) in [6.45, 7) is 10.3. The zero-order chi connectivity index (χ0) is 20.9. The van der Waals surface area contributed by atoms with Gasteiger partial charge in [-0.1, -0.05) is 35.9 Å². The lowest BCUT2D eigenvalue weighted by Crippen LogP contribution is -2.48. The third-order valence-corrected chi connectivity index (χ3v) is 5.52. The van der Waals surface area contributed by atoms with Crippen molar-refractivity contribution in [3.8, 4) is 0 Å². The van der Waals surface area contributed by atoms with Crippen LogP contribution in [0.25, 0.3) is 11.0 Å². The van der Waals surface area contributed by atoms with E-state index in [0.29, 0.717) is 13.2 Å². The Morgan fingerprint density at radius 3 is 2.87 bits per heavy atom. The van der Waals surface area contributed by atoms with E-state index in [1.807, 2.05) is 18.2 Å². The Bertz CT molecular complexity index is 999. The van der Waals surface area contributed by atoms with Crippen molar-refractivity contribution in [3.05, 3.63) is 65.0 Å². The standard InChI is InChI=1S/C24H31N5O.HI/c1-4-25-24(26-12-11-23-27-20-7-5-6-8-21(20)28-23)29-13-14-30-22(16-29)19-10-9-17(2)15-18(19)3;/h5-10,15,22H,4,11-14,16H2,1-3H3,(H,25,26)(H,27,28);1H. The van der Waals surface area contributed by atoms with Gasteiger partial charge in [0.2, 0.25) is 0 Å². The fraction of sp³-hybridized carbons (Fsp3) is 0.417. The second-order valence-corrected chi connectivity index (χ2v) is 7.85. The van der Waals surface area contributed by atoms with Crippen LogP contribution in [-0.2, 0) is 11.2 Å². The molecule has 2 N–H and O–H groups in total. The molecule has 0 saturated carbocycles. The molecule has 7 heteroatoms. The van der Waals surface area contributed by atoms with E-state index >= 15 is 0 Å². The Labute approximate surface area is 201 Å². The zero-order valence-corrected chi connectivity index (χ0v) is 20.8. The number of H-pyrrole nitrogens is 1. The van der Waals surface area contributed by atoms with Gasteiger partial charge in [0.15, 0.2) is 5.96 Å². The predicted molar refractivity (Wildman–Crippen MR) is 137 cm³/mol. The third kappa shape index (κ3) is 5.77. The molecular formula is C24H32IN5O. The number of guanidine groups is 1. The predicted octanol–water partition coefficient (Wildman–Crippen LogP) is 4.38. The van der Waals surface area contributed by atoms with Crippen molar-refractivity contribution in [2.24, 2.45) is 4.99 Å². The summed E-state index contributed by atoms with van der Waals surface area (Å²) in [5.41, 5.74) is 5.92. The SMILES string of the molecule is CCNC(=NCCc1nc2ccccc2[nH]1)N1CCOC(c2ccc(C)cc2C)C1.I. The number of aromatic amines is 1. The first-order valence-corrected chi connectivity index (χ1v) is 10.8. The first kappa shape index (κ1) is 23.5. The van der Waals surface area contributed by atoms with Gasteiger partial charge in [0.1, 0.15) is 11.9 Å². The number of aliphatic imine (C=N–C) groups is 1. The second kappa shape index (κ2) is 10.9. The maximum Gasteiger partial charge on any atom is 0.194 e. The molecule has 0 aliphatic carbocycles. The number of benzene rings is 2. The molecule has 1 aliphatic rings. The van der Waals surface area contributed by atoms with Gasteiger partial charge in [-0.25, -0.2) is 4.98 Å². The summed E-state index contributed by atoms with van der Waals surface area (Å²) in [6.07, 6.45) is 0.854. The van der Waals surface area contributed by atoms with Gasteiger partial charge in [-0.15, -0.1) is 24.0 Å². The molecule has 0 radical (unpaired) electrons. The van der Waals surface area contributed by atoms with Crippen LogP contribution in [0.4, 0.5) is 0 Å². The summed E-state index contributed by atoms with van der Waals surface area (Å²) in [5.74, 6) is 1.93.